The number of nitrogens with one attached hydrogen (secondary N) is 2. The van der Waals surface area contributed by atoms with Crippen molar-refractivity contribution in [3.05, 3.63) is 0 Å². The first-order valence-electron chi connectivity index (χ1n) is 6.01. The Hall–Kier alpha value is -0.780. The van der Waals surface area contributed by atoms with Gasteiger partial charge in [0, 0.05) is 0 Å². The second-order valence-corrected chi connectivity index (χ2v) is 5.73. The standard InChI is InChI=1S/C12H23F3N2O/c1-8(11(3,4)5)6-16-9(2)10(18)17-7-12(13,14)15/h8-9,16H,6-7H2,1-5H3,(H,17,18). The molecular weight excluding hydrogens is 245 g/mol. The number of hydrogen-bond acceptors (Lipinski definition) is 2. The number of alkyl halides is 3. The molecule has 0 aliphatic rings. The molecule has 0 radical (unpaired) electrons. The van der Waals surface area contributed by atoms with Crippen LogP contribution in [0.5, 0.6) is 0 Å². The molecule has 2 unspecified atom stereocenters. The van der Waals surface area contributed by atoms with Crippen LogP contribution in [0.2, 0.25) is 0 Å². The molecule has 6 heteroatoms. The minimum atomic E-state index is -4.37. The lowest BCUT2D eigenvalue weighted by atomic mass is 9.82. The quantitative estimate of drug-likeness (QED) is 0.803. The van der Waals surface area contributed by atoms with Crippen molar-refractivity contribution >= 4 is 5.91 Å². The van der Waals surface area contributed by atoms with Crippen LogP contribution in [0.4, 0.5) is 13.2 Å². The zero-order valence-corrected chi connectivity index (χ0v) is 11.6. The van der Waals surface area contributed by atoms with Crippen LogP contribution in [0.25, 0.3) is 0 Å². The van der Waals surface area contributed by atoms with Gasteiger partial charge in [-0.1, -0.05) is 27.7 Å². The molecule has 0 aliphatic carbocycles. The van der Waals surface area contributed by atoms with Crippen molar-refractivity contribution in [2.45, 2.75) is 46.8 Å². The van der Waals surface area contributed by atoms with Gasteiger partial charge in [-0.05, 0) is 24.8 Å². The average Bonchev–Trinajstić information content (AvgIpc) is 2.19. The Labute approximate surface area is 107 Å². The predicted octanol–water partition coefficient (Wildman–Crippen LogP) is 2.33. The highest BCUT2D eigenvalue weighted by molar-refractivity contribution is 5.81. The van der Waals surface area contributed by atoms with Crippen molar-refractivity contribution < 1.29 is 18.0 Å². The van der Waals surface area contributed by atoms with E-state index in [1.807, 2.05) is 12.2 Å². The second-order valence-electron chi connectivity index (χ2n) is 5.73. The Balaban J connectivity index is 4.03. The minimum absolute atomic E-state index is 0.0924. The summed E-state index contributed by atoms with van der Waals surface area (Å²) in [4.78, 5) is 11.4. The van der Waals surface area contributed by atoms with E-state index in [2.05, 4.69) is 26.1 Å². The molecule has 18 heavy (non-hydrogen) atoms. The summed E-state index contributed by atoms with van der Waals surface area (Å²) in [5.41, 5.74) is 0.0924. The molecule has 2 N–H and O–H groups in total. The van der Waals surface area contributed by atoms with Gasteiger partial charge in [0.05, 0.1) is 6.04 Å². The number of rotatable bonds is 5. The molecule has 3 nitrogen and oxygen atoms in total. The topological polar surface area (TPSA) is 41.1 Å². The Morgan fingerprint density at radius 2 is 1.67 bits per heavy atom. The largest absolute Gasteiger partial charge is 0.405 e. The van der Waals surface area contributed by atoms with Gasteiger partial charge >= 0.3 is 6.18 Å². The third-order valence-corrected chi connectivity index (χ3v) is 3.06. The fourth-order valence-electron chi connectivity index (χ4n) is 1.09. The van der Waals surface area contributed by atoms with Gasteiger partial charge in [-0.25, -0.2) is 0 Å². The first-order chi connectivity index (χ1) is 7.93. The van der Waals surface area contributed by atoms with E-state index in [0.29, 0.717) is 12.5 Å². The Morgan fingerprint density at radius 1 is 1.17 bits per heavy atom. The first kappa shape index (κ1) is 17.2. The molecule has 0 bridgehead atoms. The maximum atomic E-state index is 11.9. The molecule has 1 amide bonds. The summed E-state index contributed by atoms with van der Waals surface area (Å²) in [7, 11) is 0. The van der Waals surface area contributed by atoms with E-state index >= 15 is 0 Å². The smallest absolute Gasteiger partial charge is 0.346 e. The zero-order chi connectivity index (χ0) is 14.6. The number of carbonyl (C=O) groups is 1. The SMILES string of the molecule is CC(NCC(C)C(C)(C)C)C(=O)NCC(F)(F)F. The highest BCUT2D eigenvalue weighted by Gasteiger charge is 2.29. The van der Waals surface area contributed by atoms with E-state index in [1.165, 1.54) is 0 Å². The summed E-state index contributed by atoms with van der Waals surface area (Å²) in [6, 6.07) is -0.628. The van der Waals surface area contributed by atoms with Crippen molar-refractivity contribution in [3.63, 3.8) is 0 Å². The van der Waals surface area contributed by atoms with Gasteiger partial charge in [0.25, 0.3) is 0 Å². The van der Waals surface area contributed by atoms with Gasteiger partial charge in [-0.3, -0.25) is 4.79 Å². The van der Waals surface area contributed by atoms with E-state index in [4.69, 9.17) is 0 Å². The van der Waals surface area contributed by atoms with Crippen molar-refractivity contribution in [2.75, 3.05) is 13.1 Å². The van der Waals surface area contributed by atoms with Crippen LogP contribution < -0.4 is 10.6 Å². The number of carbonyl (C=O) groups excluding carboxylic acids is 1. The van der Waals surface area contributed by atoms with E-state index in [9.17, 15) is 18.0 Å². The number of amides is 1. The van der Waals surface area contributed by atoms with E-state index < -0.39 is 24.7 Å². The van der Waals surface area contributed by atoms with E-state index in [-0.39, 0.29) is 5.41 Å². The van der Waals surface area contributed by atoms with Gasteiger partial charge in [-0.2, -0.15) is 13.2 Å². The average molecular weight is 268 g/mol. The summed E-state index contributed by atoms with van der Waals surface area (Å²) in [5.74, 6) is -0.316. The van der Waals surface area contributed by atoms with Crippen molar-refractivity contribution in [1.82, 2.24) is 10.6 Å². The third kappa shape index (κ3) is 7.53. The zero-order valence-electron chi connectivity index (χ0n) is 11.6. The lowest BCUT2D eigenvalue weighted by Gasteiger charge is -2.28. The fourth-order valence-corrected chi connectivity index (χ4v) is 1.09. The molecule has 0 rings (SSSR count). The van der Waals surface area contributed by atoms with Crippen LogP contribution in [0.15, 0.2) is 0 Å². The van der Waals surface area contributed by atoms with Crippen LogP contribution in [-0.4, -0.2) is 31.2 Å². The maximum Gasteiger partial charge on any atom is 0.405 e. The van der Waals surface area contributed by atoms with Crippen LogP contribution in [0.1, 0.15) is 34.6 Å². The Morgan fingerprint density at radius 3 is 2.06 bits per heavy atom. The highest BCUT2D eigenvalue weighted by Crippen LogP contribution is 2.24. The van der Waals surface area contributed by atoms with Gasteiger partial charge in [0.15, 0.2) is 0 Å². The summed E-state index contributed by atoms with van der Waals surface area (Å²) in [6.45, 7) is 9.13. The number of hydrogen-bond donors (Lipinski definition) is 2. The lowest BCUT2D eigenvalue weighted by molar-refractivity contribution is -0.139. The van der Waals surface area contributed by atoms with E-state index in [0.717, 1.165) is 0 Å². The van der Waals surface area contributed by atoms with Crippen LogP contribution in [0, 0.1) is 11.3 Å². The van der Waals surface area contributed by atoms with Crippen molar-refractivity contribution in [1.29, 1.82) is 0 Å². The normalized spacial score (nSPS) is 16.2. The van der Waals surface area contributed by atoms with Crippen LogP contribution in [-0.2, 0) is 4.79 Å². The monoisotopic (exact) mass is 268 g/mol. The summed E-state index contributed by atoms with van der Waals surface area (Å²) in [5, 5.41) is 4.80. The molecular formula is C12H23F3N2O. The minimum Gasteiger partial charge on any atom is -0.346 e. The fraction of sp³-hybridized carbons (Fsp3) is 0.917. The molecule has 0 heterocycles. The summed E-state index contributed by atoms with van der Waals surface area (Å²) in [6.07, 6.45) is -4.37. The van der Waals surface area contributed by atoms with Crippen LogP contribution >= 0.6 is 0 Å². The molecule has 0 aromatic rings. The lowest BCUT2D eigenvalue weighted by Crippen LogP contribution is -2.47. The van der Waals surface area contributed by atoms with Gasteiger partial charge in [0.1, 0.15) is 6.54 Å². The predicted molar refractivity (Wildman–Crippen MR) is 65.1 cm³/mol. The maximum absolute atomic E-state index is 11.9. The van der Waals surface area contributed by atoms with Gasteiger partial charge in [-0.15, -0.1) is 0 Å². The second kappa shape index (κ2) is 6.41. The highest BCUT2D eigenvalue weighted by atomic mass is 19.4. The molecule has 108 valence electrons. The van der Waals surface area contributed by atoms with Crippen LogP contribution in [0.3, 0.4) is 0 Å². The third-order valence-electron chi connectivity index (χ3n) is 3.06. The molecule has 2 atom stereocenters. The summed E-state index contributed by atoms with van der Waals surface area (Å²) < 4.78 is 35.7. The van der Waals surface area contributed by atoms with E-state index in [1.54, 1.807) is 6.92 Å². The van der Waals surface area contributed by atoms with Gasteiger partial charge in [0.2, 0.25) is 5.91 Å². The Kier molecular flexibility index (Phi) is 6.13. The first-order valence-corrected chi connectivity index (χ1v) is 6.01. The van der Waals surface area contributed by atoms with Crippen molar-refractivity contribution in [3.8, 4) is 0 Å². The molecule has 0 aromatic carbocycles. The molecule has 0 spiro atoms. The molecule has 0 aromatic heterocycles. The Bertz CT molecular complexity index is 271. The molecule has 0 saturated heterocycles. The number of halogens is 3. The molecule has 0 fully saturated rings. The summed E-state index contributed by atoms with van der Waals surface area (Å²) >= 11 is 0. The van der Waals surface area contributed by atoms with Gasteiger partial charge < -0.3 is 10.6 Å². The molecule has 0 saturated carbocycles. The molecule has 0 aliphatic heterocycles. The van der Waals surface area contributed by atoms with Crippen molar-refractivity contribution in [2.24, 2.45) is 11.3 Å².